The van der Waals surface area contributed by atoms with Crippen LogP contribution in [0.25, 0.3) is 11.0 Å². The molecule has 4 heterocycles. The van der Waals surface area contributed by atoms with E-state index in [2.05, 4.69) is 60.6 Å². The average molecular weight is 478 g/mol. The lowest BCUT2D eigenvalue weighted by molar-refractivity contribution is 0.148. The second-order valence-electron chi connectivity index (χ2n) is 8.97. The Hall–Kier alpha value is -3.70. The fourth-order valence-electron chi connectivity index (χ4n) is 4.38. The van der Waals surface area contributed by atoms with Crippen molar-refractivity contribution in [2.45, 2.75) is 26.6 Å². The van der Waals surface area contributed by atoms with Crippen molar-refractivity contribution < 1.29 is 9.26 Å². The molecule has 1 fully saturated rings. The number of nitrogen functional groups attached to an aromatic ring is 1. The number of benzene rings is 1. The standard InChI is InChI=1S/C24H31N9O2/c1-16-10-19(30-35-16)12-26-23-22-20(28-24(25)29-23)13-27-33(22)15-18-5-4-17(11-21(18)34-3)14-32-8-6-31(2)7-9-32/h4-5,10-11,13H,6-9,12,14-15H2,1-3H3,(H3,25,26,28,29). The van der Waals surface area contributed by atoms with E-state index < -0.39 is 0 Å². The minimum absolute atomic E-state index is 0.182. The molecule has 0 spiro atoms. The lowest BCUT2D eigenvalue weighted by atomic mass is 10.1. The number of nitrogens with one attached hydrogen (secondary N) is 1. The van der Waals surface area contributed by atoms with Crippen molar-refractivity contribution >= 4 is 22.8 Å². The quantitative estimate of drug-likeness (QED) is 0.390. The lowest BCUT2D eigenvalue weighted by Crippen LogP contribution is -2.43. The summed E-state index contributed by atoms with van der Waals surface area (Å²) in [5.41, 5.74) is 10.4. The third kappa shape index (κ3) is 5.20. The topological polar surface area (TPSA) is 123 Å². The highest BCUT2D eigenvalue weighted by Gasteiger charge is 2.17. The molecule has 184 valence electrons. The molecule has 1 aromatic carbocycles. The van der Waals surface area contributed by atoms with E-state index in [1.54, 1.807) is 13.3 Å². The number of likely N-dealkylation sites (N-methyl/N-ethyl adjacent to an activating group) is 1. The fourth-order valence-corrected chi connectivity index (χ4v) is 4.38. The van der Waals surface area contributed by atoms with Gasteiger partial charge in [-0.2, -0.15) is 10.1 Å². The molecule has 0 unspecified atom stereocenters. The molecule has 0 bridgehead atoms. The van der Waals surface area contributed by atoms with Gasteiger partial charge >= 0.3 is 0 Å². The molecule has 5 rings (SSSR count). The second kappa shape index (κ2) is 9.88. The van der Waals surface area contributed by atoms with Gasteiger partial charge in [-0.25, -0.2) is 4.98 Å². The minimum Gasteiger partial charge on any atom is -0.496 e. The van der Waals surface area contributed by atoms with Crippen LogP contribution in [0.15, 0.2) is 35.0 Å². The number of nitrogens with zero attached hydrogens (tertiary/aromatic N) is 7. The molecule has 1 aliphatic heterocycles. The molecule has 35 heavy (non-hydrogen) atoms. The van der Waals surface area contributed by atoms with Crippen molar-refractivity contribution in [3.8, 4) is 5.75 Å². The van der Waals surface area contributed by atoms with E-state index in [9.17, 15) is 0 Å². The number of hydrogen-bond acceptors (Lipinski definition) is 10. The zero-order chi connectivity index (χ0) is 24.4. The molecule has 4 aromatic rings. The third-order valence-electron chi connectivity index (χ3n) is 6.29. The van der Waals surface area contributed by atoms with Crippen LogP contribution in [0.2, 0.25) is 0 Å². The van der Waals surface area contributed by atoms with Gasteiger partial charge in [-0.3, -0.25) is 9.58 Å². The Balaban J connectivity index is 1.37. The number of aryl methyl sites for hydroxylation is 1. The van der Waals surface area contributed by atoms with Gasteiger partial charge in [-0.15, -0.1) is 0 Å². The van der Waals surface area contributed by atoms with Crippen molar-refractivity contribution in [3.63, 3.8) is 0 Å². The van der Waals surface area contributed by atoms with Crippen LogP contribution in [0.4, 0.5) is 11.8 Å². The zero-order valence-electron chi connectivity index (χ0n) is 20.4. The van der Waals surface area contributed by atoms with Crippen LogP contribution in [0.3, 0.4) is 0 Å². The maximum atomic E-state index is 5.95. The van der Waals surface area contributed by atoms with Crippen LogP contribution in [0.5, 0.6) is 5.75 Å². The minimum atomic E-state index is 0.182. The maximum Gasteiger partial charge on any atom is 0.222 e. The summed E-state index contributed by atoms with van der Waals surface area (Å²) in [6.45, 7) is 8.07. The fraction of sp³-hybridized carbons (Fsp3) is 0.417. The normalized spacial score (nSPS) is 15.1. The smallest absolute Gasteiger partial charge is 0.222 e. The van der Waals surface area contributed by atoms with Crippen molar-refractivity contribution in [2.24, 2.45) is 0 Å². The Bertz CT molecular complexity index is 1310. The Morgan fingerprint density at radius 1 is 1.11 bits per heavy atom. The number of piperazine rings is 1. The molecular weight excluding hydrogens is 446 g/mol. The zero-order valence-corrected chi connectivity index (χ0v) is 20.4. The maximum absolute atomic E-state index is 5.95. The van der Waals surface area contributed by atoms with Gasteiger partial charge in [0.05, 0.1) is 26.4 Å². The molecule has 1 saturated heterocycles. The molecule has 3 aromatic heterocycles. The summed E-state index contributed by atoms with van der Waals surface area (Å²) in [6.07, 6.45) is 1.70. The number of fused-ring (bicyclic) bond motifs is 1. The van der Waals surface area contributed by atoms with Gasteiger partial charge in [0.25, 0.3) is 0 Å². The number of rotatable bonds is 8. The first-order valence-corrected chi connectivity index (χ1v) is 11.7. The molecule has 11 nitrogen and oxygen atoms in total. The van der Waals surface area contributed by atoms with Crippen molar-refractivity contribution in [1.29, 1.82) is 0 Å². The van der Waals surface area contributed by atoms with E-state index in [0.29, 0.717) is 24.4 Å². The second-order valence-corrected chi connectivity index (χ2v) is 8.97. The third-order valence-corrected chi connectivity index (χ3v) is 6.29. The first-order chi connectivity index (χ1) is 17.0. The highest BCUT2D eigenvalue weighted by Crippen LogP contribution is 2.26. The van der Waals surface area contributed by atoms with E-state index >= 15 is 0 Å². The number of aromatic nitrogens is 5. The van der Waals surface area contributed by atoms with Gasteiger partial charge in [0.2, 0.25) is 5.95 Å². The predicted octanol–water partition coefficient (Wildman–Crippen LogP) is 2.12. The number of nitrogens with two attached hydrogens (primary N) is 1. The Morgan fingerprint density at radius 3 is 2.69 bits per heavy atom. The van der Waals surface area contributed by atoms with Gasteiger partial charge in [-0.05, 0) is 25.6 Å². The Morgan fingerprint density at radius 2 is 1.94 bits per heavy atom. The van der Waals surface area contributed by atoms with Crippen LogP contribution in [-0.2, 0) is 19.6 Å². The van der Waals surface area contributed by atoms with E-state index in [4.69, 9.17) is 15.0 Å². The summed E-state index contributed by atoms with van der Waals surface area (Å²) in [5.74, 6) is 2.37. The molecule has 0 atom stereocenters. The van der Waals surface area contributed by atoms with Gasteiger partial charge in [0, 0.05) is 44.4 Å². The van der Waals surface area contributed by atoms with Crippen LogP contribution in [-0.4, -0.2) is 75.0 Å². The molecular formula is C24H31N9O2. The van der Waals surface area contributed by atoms with E-state index in [1.165, 1.54) is 5.56 Å². The number of anilines is 2. The molecule has 11 heteroatoms. The predicted molar refractivity (Wildman–Crippen MR) is 133 cm³/mol. The SMILES string of the molecule is COc1cc(CN2CCN(C)CC2)ccc1Cn1ncc2nc(N)nc(NCc3cc(C)on3)c21. The highest BCUT2D eigenvalue weighted by atomic mass is 16.5. The van der Waals surface area contributed by atoms with E-state index in [0.717, 1.165) is 61.0 Å². The number of hydrogen-bond donors (Lipinski definition) is 2. The summed E-state index contributed by atoms with van der Waals surface area (Å²) in [7, 11) is 3.88. The summed E-state index contributed by atoms with van der Waals surface area (Å²) in [5, 5.41) is 11.9. The largest absolute Gasteiger partial charge is 0.496 e. The van der Waals surface area contributed by atoms with E-state index in [-0.39, 0.29) is 5.95 Å². The molecule has 0 radical (unpaired) electrons. The Labute approximate surface area is 203 Å². The van der Waals surface area contributed by atoms with E-state index in [1.807, 2.05) is 17.7 Å². The molecule has 3 N–H and O–H groups in total. The van der Waals surface area contributed by atoms with Crippen molar-refractivity contribution in [3.05, 3.63) is 53.0 Å². The van der Waals surface area contributed by atoms with Crippen LogP contribution in [0.1, 0.15) is 22.6 Å². The van der Waals surface area contributed by atoms with Gasteiger partial charge in [0.1, 0.15) is 28.2 Å². The lowest BCUT2D eigenvalue weighted by Gasteiger charge is -2.32. The van der Waals surface area contributed by atoms with Crippen LogP contribution < -0.4 is 15.8 Å². The average Bonchev–Trinajstić information content (AvgIpc) is 3.45. The summed E-state index contributed by atoms with van der Waals surface area (Å²) in [4.78, 5) is 13.6. The first-order valence-electron chi connectivity index (χ1n) is 11.7. The summed E-state index contributed by atoms with van der Waals surface area (Å²) in [6, 6.07) is 8.28. The van der Waals surface area contributed by atoms with Gasteiger partial charge in [-0.1, -0.05) is 17.3 Å². The summed E-state index contributed by atoms with van der Waals surface area (Å²) < 4.78 is 12.8. The molecule has 0 aliphatic carbocycles. The molecule has 0 amide bonds. The monoisotopic (exact) mass is 477 g/mol. The number of methoxy groups -OCH3 is 1. The first kappa shape index (κ1) is 23.1. The van der Waals surface area contributed by atoms with Crippen LogP contribution >= 0.6 is 0 Å². The summed E-state index contributed by atoms with van der Waals surface area (Å²) >= 11 is 0. The van der Waals surface area contributed by atoms with Crippen molar-refractivity contribution in [1.82, 2.24) is 34.7 Å². The van der Waals surface area contributed by atoms with Crippen molar-refractivity contribution in [2.75, 3.05) is 51.4 Å². The highest BCUT2D eigenvalue weighted by molar-refractivity contribution is 5.86. The Kier molecular flexibility index (Phi) is 6.51. The van der Waals surface area contributed by atoms with Crippen LogP contribution in [0, 0.1) is 6.92 Å². The van der Waals surface area contributed by atoms with Gasteiger partial charge < -0.3 is 25.2 Å². The molecule has 0 saturated carbocycles. The number of ether oxygens (including phenoxy) is 1. The molecule has 1 aliphatic rings. The van der Waals surface area contributed by atoms with Gasteiger partial charge in [0.15, 0.2) is 5.82 Å².